The van der Waals surface area contributed by atoms with Gasteiger partial charge in [0.25, 0.3) is 0 Å². The minimum Gasteiger partial charge on any atom is -0.465 e. The molecule has 0 fully saturated rings. The molecule has 4 aromatic carbocycles. The van der Waals surface area contributed by atoms with E-state index in [1.165, 1.54) is 45.2 Å². The van der Waals surface area contributed by atoms with E-state index in [0.717, 1.165) is 5.39 Å². The number of fused-ring (bicyclic) bond motifs is 1. The SMILES string of the molecule is COC(=O)c1ccc2c3c1ccc1ccc4cccc-2c4c13. The molecule has 0 atom stereocenters. The largest absolute Gasteiger partial charge is 0.465 e. The summed E-state index contributed by atoms with van der Waals surface area (Å²) < 4.78 is 4.94. The van der Waals surface area contributed by atoms with E-state index < -0.39 is 0 Å². The van der Waals surface area contributed by atoms with Crippen molar-refractivity contribution in [2.45, 2.75) is 0 Å². The Morgan fingerprint density at radius 2 is 1.50 bits per heavy atom. The second-order valence-corrected chi connectivity index (χ2v) is 5.71. The van der Waals surface area contributed by atoms with Gasteiger partial charge in [-0.25, -0.2) is 4.79 Å². The van der Waals surface area contributed by atoms with Crippen molar-refractivity contribution in [1.82, 2.24) is 0 Å². The molecular weight excluding hydrogens is 272 g/mol. The summed E-state index contributed by atoms with van der Waals surface area (Å²) in [6.45, 7) is 0. The normalized spacial score (nSPS) is 12.0. The lowest BCUT2D eigenvalue weighted by atomic mass is 9.97. The summed E-state index contributed by atoms with van der Waals surface area (Å²) in [5.41, 5.74) is 3.10. The predicted molar refractivity (Wildman–Crippen MR) is 89.3 cm³/mol. The molecular formula is C20H12O2. The molecule has 104 valence electrons. The summed E-state index contributed by atoms with van der Waals surface area (Å²) >= 11 is 0. The van der Waals surface area contributed by atoms with E-state index in [9.17, 15) is 4.79 Å². The van der Waals surface area contributed by atoms with Crippen LogP contribution in [0.1, 0.15) is 10.4 Å². The lowest BCUT2D eigenvalue weighted by molar-refractivity contribution is 0.0603. The maximum atomic E-state index is 12.1. The highest BCUT2D eigenvalue weighted by atomic mass is 16.5. The minimum atomic E-state index is -0.283. The van der Waals surface area contributed by atoms with Crippen LogP contribution in [0.5, 0.6) is 0 Å². The van der Waals surface area contributed by atoms with Crippen LogP contribution in [-0.2, 0) is 4.74 Å². The van der Waals surface area contributed by atoms with E-state index in [0.29, 0.717) is 5.56 Å². The van der Waals surface area contributed by atoms with Crippen LogP contribution in [0, 0.1) is 0 Å². The van der Waals surface area contributed by atoms with Crippen molar-refractivity contribution in [2.24, 2.45) is 0 Å². The highest BCUT2D eigenvalue weighted by Gasteiger charge is 2.22. The van der Waals surface area contributed by atoms with Gasteiger partial charge < -0.3 is 4.74 Å². The topological polar surface area (TPSA) is 26.3 Å². The van der Waals surface area contributed by atoms with Crippen LogP contribution in [0.25, 0.3) is 43.4 Å². The molecule has 22 heavy (non-hydrogen) atoms. The first-order chi connectivity index (χ1) is 10.8. The van der Waals surface area contributed by atoms with Crippen molar-refractivity contribution >= 4 is 38.3 Å². The zero-order valence-corrected chi connectivity index (χ0v) is 12.0. The molecule has 0 saturated heterocycles. The van der Waals surface area contributed by atoms with E-state index >= 15 is 0 Å². The Kier molecular flexibility index (Phi) is 2.06. The second-order valence-electron chi connectivity index (χ2n) is 5.71. The van der Waals surface area contributed by atoms with Gasteiger partial charge in [-0.1, -0.05) is 48.5 Å². The van der Waals surface area contributed by atoms with Crippen LogP contribution < -0.4 is 0 Å². The van der Waals surface area contributed by atoms with Crippen LogP contribution in [0.4, 0.5) is 0 Å². The summed E-state index contributed by atoms with van der Waals surface area (Å²) in [6, 6.07) is 18.8. The first-order valence-electron chi connectivity index (χ1n) is 7.29. The molecule has 0 N–H and O–H groups in total. The molecule has 0 radical (unpaired) electrons. The third kappa shape index (κ3) is 1.23. The lowest BCUT2D eigenvalue weighted by Gasteiger charge is -2.08. The molecule has 0 aromatic heterocycles. The molecule has 2 nitrogen and oxygen atoms in total. The number of methoxy groups -OCH3 is 1. The Morgan fingerprint density at radius 3 is 2.32 bits per heavy atom. The van der Waals surface area contributed by atoms with Gasteiger partial charge in [0.05, 0.1) is 12.7 Å². The maximum absolute atomic E-state index is 12.1. The summed E-state index contributed by atoms with van der Waals surface area (Å²) in [6.07, 6.45) is 0. The Labute approximate surface area is 126 Å². The Hall–Kier alpha value is -2.87. The molecule has 0 saturated carbocycles. The van der Waals surface area contributed by atoms with Gasteiger partial charge >= 0.3 is 5.97 Å². The van der Waals surface area contributed by atoms with Gasteiger partial charge in [-0.2, -0.15) is 0 Å². The first kappa shape index (κ1) is 11.8. The van der Waals surface area contributed by atoms with Crippen molar-refractivity contribution < 1.29 is 9.53 Å². The van der Waals surface area contributed by atoms with E-state index in [-0.39, 0.29) is 5.97 Å². The van der Waals surface area contributed by atoms with Gasteiger partial charge in [0.15, 0.2) is 0 Å². The predicted octanol–water partition coefficient (Wildman–Crippen LogP) is 4.91. The van der Waals surface area contributed by atoms with E-state index in [4.69, 9.17) is 4.74 Å². The lowest BCUT2D eigenvalue weighted by Crippen LogP contribution is -2.02. The molecule has 0 amide bonds. The summed E-state index contributed by atoms with van der Waals surface area (Å²) in [7, 11) is 1.43. The van der Waals surface area contributed by atoms with Crippen LogP contribution in [0.15, 0.2) is 54.6 Å². The van der Waals surface area contributed by atoms with Gasteiger partial charge in [0.2, 0.25) is 0 Å². The average Bonchev–Trinajstić information content (AvgIpc) is 2.92. The molecule has 0 spiro atoms. The zero-order chi connectivity index (χ0) is 14.8. The standard InChI is InChI=1S/C20H12O2/c1-22-20(21)16-10-9-14-13-4-2-3-11-5-6-12-7-8-15(16)19(14)18(12)17(11)13/h2-10H,1H3. The average molecular weight is 284 g/mol. The Balaban J connectivity index is 2.10. The van der Waals surface area contributed by atoms with E-state index in [2.05, 4.69) is 36.4 Å². The fourth-order valence-electron chi connectivity index (χ4n) is 3.78. The Bertz CT molecular complexity index is 1120. The minimum absolute atomic E-state index is 0.283. The molecule has 5 rings (SSSR count). The van der Waals surface area contributed by atoms with Crippen LogP contribution in [-0.4, -0.2) is 13.1 Å². The molecule has 0 unspecified atom stereocenters. The van der Waals surface area contributed by atoms with Crippen molar-refractivity contribution in [3.63, 3.8) is 0 Å². The number of benzene rings is 4. The van der Waals surface area contributed by atoms with Crippen molar-refractivity contribution in [1.29, 1.82) is 0 Å². The van der Waals surface area contributed by atoms with Gasteiger partial charge in [-0.15, -0.1) is 0 Å². The smallest absolute Gasteiger partial charge is 0.338 e. The zero-order valence-electron chi connectivity index (χ0n) is 12.0. The number of hydrogen-bond donors (Lipinski definition) is 0. The fraction of sp³-hybridized carbons (Fsp3) is 0.0500. The highest BCUT2D eigenvalue weighted by molar-refractivity contribution is 6.34. The van der Waals surface area contributed by atoms with Crippen molar-refractivity contribution in [3.05, 3.63) is 60.2 Å². The third-order valence-corrected chi connectivity index (χ3v) is 4.70. The third-order valence-electron chi connectivity index (χ3n) is 4.70. The number of hydrogen-bond acceptors (Lipinski definition) is 2. The van der Waals surface area contributed by atoms with Gasteiger partial charge in [-0.3, -0.25) is 0 Å². The van der Waals surface area contributed by atoms with Crippen LogP contribution in [0.2, 0.25) is 0 Å². The molecule has 1 aliphatic carbocycles. The molecule has 2 heteroatoms. The number of carbonyl (C=O) groups excluding carboxylic acids is 1. The first-order valence-corrected chi connectivity index (χ1v) is 7.29. The van der Waals surface area contributed by atoms with Crippen molar-refractivity contribution in [3.8, 4) is 11.1 Å². The van der Waals surface area contributed by atoms with Crippen LogP contribution in [0.3, 0.4) is 0 Å². The number of carbonyl (C=O) groups is 1. The van der Waals surface area contributed by atoms with Gasteiger partial charge in [0, 0.05) is 0 Å². The van der Waals surface area contributed by atoms with Crippen LogP contribution >= 0.6 is 0 Å². The Morgan fingerprint density at radius 1 is 0.773 bits per heavy atom. The number of rotatable bonds is 1. The monoisotopic (exact) mass is 284 g/mol. The number of esters is 1. The molecule has 4 aromatic rings. The summed E-state index contributed by atoms with van der Waals surface area (Å²) in [5.74, 6) is -0.283. The highest BCUT2D eigenvalue weighted by Crippen LogP contribution is 2.47. The fourth-order valence-corrected chi connectivity index (χ4v) is 3.78. The molecule has 0 aliphatic heterocycles. The molecule has 0 bridgehead atoms. The quantitative estimate of drug-likeness (QED) is 0.323. The van der Waals surface area contributed by atoms with Gasteiger partial charge in [0.1, 0.15) is 0 Å². The number of ether oxygens (including phenoxy) is 1. The summed E-state index contributed by atoms with van der Waals surface area (Å²) in [4.78, 5) is 12.1. The van der Waals surface area contributed by atoms with Gasteiger partial charge in [-0.05, 0) is 49.5 Å². The molecule has 1 aliphatic rings. The summed E-state index contributed by atoms with van der Waals surface area (Å²) in [5, 5.41) is 7.16. The van der Waals surface area contributed by atoms with Crippen molar-refractivity contribution in [2.75, 3.05) is 7.11 Å². The maximum Gasteiger partial charge on any atom is 0.338 e. The van der Waals surface area contributed by atoms with E-state index in [1.54, 1.807) is 0 Å². The van der Waals surface area contributed by atoms with E-state index in [1.807, 2.05) is 18.2 Å². The second kappa shape index (κ2) is 3.86. The molecule has 0 heterocycles.